The minimum atomic E-state index is -0.876. The Morgan fingerprint density at radius 1 is 1.06 bits per heavy atom. The van der Waals surface area contributed by atoms with E-state index < -0.39 is 11.6 Å². The number of aryl methyl sites for hydroxylation is 1. The van der Waals surface area contributed by atoms with Crippen LogP contribution in [0.2, 0.25) is 0 Å². The van der Waals surface area contributed by atoms with E-state index >= 15 is 0 Å². The lowest BCUT2D eigenvalue weighted by Crippen LogP contribution is -2.01. The minimum Gasteiger partial charge on any atom is -0.373 e. The van der Waals surface area contributed by atoms with Crippen LogP contribution in [0.1, 0.15) is 11.1 Å². The van der Waals surface area contributed by atoms with Crippen LogP contribution in [0.25, 0.3) is 11.3 Å². The van der Waals surface area contributed by atoms with Gasteiger partial charge in [0, 0.05) is 18.2 Å². The Morgan fingerprint density at radius 2 is 1.78 bits per heavy atom. The quantitative estimate of drug-likeness (QED) is 0.888. The summed E-state index contributed by atoms with van der Waals surface area (Å²) in [5.41, 5.74) is 1.50. The maximum atomic E-state index is 13.9. The summed E-state index contributed by atoms with van der Waals surface area (Å²) in [5, 5.41) is 2.88. The zero-order chi connectivity index (χ0) is 13.3. The predicted octanol–water partition coefficient (Wildman–Crippen LogP) is 3.08. The highest BCUT2D eigenvalue weighted by atomic mass is 19.2. The monoisotopic (exact) mass is 249 g/mol. The van der Waals surface area contributed by atoms with E-state index in [4.69, 9.17) is 0 Å². The normalized spacial score (nSPS) is 10.5. The molecule has 0 unspecified atom stereocenters. The minimum absolute atomic E-state index is 0.148. The molecule has 0 spiro atoms. The summed E-state index contributed by atoms with van der Waals surface area (Å²) in [5.74, 6) is -1.12. The molecule has 0 saturated carbocycles. The van der Waals surface area contributed by atoms with E-state index in [0.717, 1.165) is 0 Å². The molecule has 0 fully saturated rings. The van der Waals surface area contributed by atoms with Gasteiger partial charge in [0.1, 0.15) is 12.1 Å². The Morgan fingerprint density at radius 3 is 2.44 bits per heavy atom. The highest BCUT2D eigenvalue weighted by molar-refractivity contribution is 5.68. The zero-order valence-corrected chi connectivity index (χ0v) is 10.4. The van der Waals surface area contributed by atoms with Crippen LogP contribution in [0.15, 0.2) is 18.5 Å². The van der Waals surface area contributed by atoms with E-state index in [1.807, 2.05) is 0 Å². The number of rotatable bonds is 2. The number of anilines is 1. The molecule has 94 valence electrons. The lowest BCUT2D eigenvalue weighted by Gasteiger charge is -2.10. The standard InChI is InChI=1S/C13H13F2N3/c1-7-4-5-9(11(15)10(7)14)12-8(2)13(16-3)18-6-17-12/h4-6H,1-3H3,(H,16,17,18). The van der Waals surface area contributed by atoms with Crippen LogP contribution in [-0.4, -0.2) is 17.0 Å². The molecule has 1 aromatic carbocycles. The van der Waals surface area contributed by atoms with Gasteiger partial charge in [0.2, 0.25) is 0 Å². The second-order valence-corrected chi connectivity index (χ2v) is 4.00. The van der Waals surface area contributed by atoms with Gasteiger partial charge in [-0.05, 0) is 25.5 Å². The van der Waals surface area contributed by atoms with Gasteiger partial charge in [-0.25, -0.2) is 18.7 Å². The van der Waals surface area contributed by atoms with E-state index in [-0.39, 0.29) is 11.1 Å². The fraction of sp³-hybridized carbons (Fsp3) is 0.231. The van der Waals surface area contributed by atoms with Gasteiger partial charge < -0.3 is 5.32 Å². The molecule has 18 heavy (non-hydrogen) atoms. The van der Waals surface area contributed by atoms with Crippen LogP contribution >= 0.6 is 0 Å². The molecule has 2 aromatic rings. The van der Waals surface area contributed by atoms with Crippen molar-refractivity contribution in [3.05, 3.63) is 41.2 Å². The highest BCUT2D eigenvalue weighted by Crippen LogP contribution is 2.28. The van der Waals surface area contributed by atoms with Gasteiger partial charge in [-0.1, -0.05) is 6.07 Å². The lowest BCUT2D eigenvalue weighted by molar-refractivity contribution is 0.505. The molecule has 1 heterocycles. The molecule has 0 bridgehead atoms. The molecular weight excluding hydrogens is 236 g/mol. The molecule has 0 aliphatic carbocycles. The Kier molecular flexibility index (Phi) is 3.23. The second kappa shape index (κ2) is 4.68. The molecular formula is C13H13F2N3. The van der Waals surface area contributed by atoms with E-state index in [0.29, 0.717) is 17.1 Å². The van der Waals surface area contributed by atoms with Crippen molar-refractivity contribution in [2.45, 2.75) is 13.8 Å². The maximum absolute atomic E-state index is 13.9. The van der Waals surface area contributed by atoms with Crippen LogP contribution in [-0.2, 0) is 0 Å². The van der Waals surface area contributed by atoms with Crippen LogP contribution < -0.4 is 5.32 Å². The van der Waals surface area contributed by atoms with E-state index in [9.17, 15) is 8.78 Å². The smallest absolute Gasteiger partial charge is 0.168 e. The van der Waals surface area contributed by atoms with Crippen LogP contribution in [0.4, 0.5) is 14.6 Å². The number of nitrogens with zero attached hydrogens (tertiary/aromatic N) is 2. The van der Waals surface area contributed by atoms with Gasteiger partial charge in [0.15, 0.2) is 11.6 Å². The Balaban J connectivity index is 2.66. The zero-order valence-electron chi connectivity index (χ0n) is 10.4. The lowest BCUT2D eigenvalue weighted by atomic mass is 10.0. The van der Waals surface area contributed by atoms with Crippen LogP contribution in [0, 0.1) is 25.5 Å². The summed E-state index contributed by atoms with van der Waals surface area (Å²) in [6.07, 6.45) is 1.32. The fourth-order valence-corrected chi connectivity index (χ4v) is 1.80. The molecule has 1 aromatic heterocycles. The molecule has 0 aliphatic heterocycles. The average Bonchev–Trinajstić information content (AvgIpc) is 2.37. The summed E-state index contributed by atoms with van der Waals surface area (Å²) < 4.78 is 27.5. The number of benzene rings is 1. The molecule has 0 amide bonds. The summed E-state index contributed by atoms with van der Waals surface area (Å²) in [6.45, 7) is 3.28. The van der Waals surface area contributed by atoms with Crippen molar-refractivity contribution in [2.24, 2.45) is 0 Å². The Labute approximate surface area is 104 Å². The summed E-state index contributed by atoms with van der Waals surface area (Å²) in [7, 11) is 1.71. The van der Waals surface area contributed by atoms with Crippen molar-refractivity contribution in [1.29, 1.82) is 0 Å². The van der Waals surface area contributed by atoms with Crippen molar-refractivity contribution < 1.29 is 8.78 Å². The molecule has 5 heteroatoms. The molecule has 0 radical (unpaired) electrons. The van der Waals surface area contributed by atoms with Crippen molar-refractivity contribution in [3.8, 4) is 11.3 Å². The van der Waals surface area contributed by atoms with E-state index in [1.54, 1.807) is 14.0 Å². The van der Waals surface area contributed by atoms with Crippen LogP contribution in [0.5, 0.6) is 0 Å². The summed E-state index contributed by atoms with van der Waals surface area (Å²) >= 11 is 0. The first kappa shape index (κ1) is 12.4. The average molecular weight is 249 g/mol. The first-order valence-corrected chi connectivity index (χ1v) is 5.50. The van der Waals surface area contributed by atoms with Crippen molar-refractivity contribution in [1.82, 2.24) is 9.97 Å². The van der Waals surface area contributed by atoms with Gasteiger partial charge in [0.05, 0.1) is 5.69 Å². The summed E-state index contributed by atoms with van der Waals surface area (Å²) in [4.78, 5) is 8.05. The third kappa shape index (κ3) is 1.92. The number of nitrogens with one attached hydrogen (secondary N) is 1. The largest absolute Gasteiger partial charge is 0.373 e. The van der Waals surface area contributed by atoms with Crippen molar-refractivity contribution in [2.75, 3.05) is 12.4 Å². The summed E-state index contributed by atoms with van der Waals surface area (Å²) in [6, 6.07) is 3.07. The van der Waals surface area contributed by atoms with Crippen molar-refractivity contribution in [3.63, 3.8) is 0 Å². The Bertz CT molecular complexity index is 597. The number of hydrogen-bond donors (Lipinski definition) is 1. The molecule has 0 aliphatic rings. The van der Waals surface area contributed by atoms with Gasteiger partial charge in [-0.15, -0.1) is 0 Å². The molecule has 1 N–H and O–H groups in total. The molecule has 3 nitrogen and oxygen atoms in total. The van der Waals surface area contributed by atoms with Gasteiger partial charge in [0.25, 0.3) is 0 Å². The van der Waals surface area contributed by atoms with Crippen molar-refractivity contribution >= 4 is 5.82 Å². The van der Waals surface area contributed by atoms with Crippen LogP contribution in [0.3, 0.4) is 0 Å². The fourth-order valence-electron chi connectivity index (χ4n) is 1.80. The third-order valence-electron chi connectivity index (χ3n) is 2.85. The first-order valence-electron chi connectivity index (χ1n) is 5.50. The van der Waals surface area contributed by atoms with Gasteiger partial charge >= 0.3 is 0 Å². The second-order valence-electron chi connectivity index (χ2n) is 4.00. The predicted molar refractivity (Wildman–Crippen MR) is 66.4 cm³/mol. The van der Waals surface area contributed by atoms with Gasteiger partial charge in [-0.3, -0.25) is 0 Å². The van der Waals surface area contributed by atoms with Gasteiger partial charge in [-0.2, -0.15) is 0 Å². The third-order valence-corrected chi connectivity index (χ3v) is 2.85. The Hall–Kier alpha value is -2.04. The first-order chi connectivity index (χ1) is 8.56. The molecule has 0 atom stereocenters. The molecule has 2 rings (SSSR count). The maximum Gasteiger partial charge on any atom is 0.168 e. The number of hydrogen-bond acceptors (Lipinski definition) is 3. The number of aromatic nitrogens is 2. The molecule has 0 saturated heterocycles. The number of halogens is 2. The van der Waals surface area contributed by atoms with E-state index in [2.05, 4.69) is 15.3 Å². The SMILES string of the molecule is CNc1ncnc(-c2ccc(C)c(F)c2F)c1C. The highest BCUT2D eigenvalue weighted by Gasteiger charge is 2.16. The topological polar surface area (TPSA) is 37.8 Å². The van der Waals surface area contributed by atoms with E-state index in [1.165, 1.54) is 25.4 Å².